The van der Waals surface area contributed by atoms with Gasteiger partial charge in [-0.15, -0.1) is 0 Å². The molecule has 2 heterocycles. The summed E-state index contributed by atoms with van der Waals surface area (Å²) in [6.45, 7) is 1.98. The van der Waals surface area contributed by atoms with E-state index in [1.54, 1.807) is 24.5 Å². The van der Waals surface area contributed by atoms with Crippen molar-refractivity contribution < 1.29 is 9.32 Å². The minimum absolute atomic E-state index is 0.0840. The zero-order valence-corrected chi connectivity index (χ0v) is 12.7. The lowest BCUT2D eigenvalue weighted by Crippen LogP contribution is -2.12. The molecule has 0 radical (unpaired) electrons. The van der Waals surface area contributed by atoms with Gasteiger partial charge in [0.05, 0.1) is 0 Å². The topological polar surface area (TPSA) is 80.9 Å². The fourth-order valence-corrected chi connectivity index (χ4v) is 2.14. The predicted octanol–water partition coefficient (Wildman–Crippen LogP) is 3.01. The molecule has 116 valence electrons. The van der Waals surface area contributed by atoms with E-state index in [9.17, 15) is 4.79 Å². The number of hydrogen-bond donors (Lipinski definition) is 1. The first-order valence-electron chi connectivity index (χ1n) is 7.30. The summed E-state index contributed by atoms with van der Waals surface area (Å²) in [5, 5.41) is 6.77. The van der Waals surface area contributed by atoms with Gasteiger partial charge in [-0.05, 0) is 36.8 Å². The van der Waals surface area contributed by atoms with Crippen molar-refractivity contribution in [2.75, 3.05) is 5.32 Å². The number of benzene rings is 1. The Labute approximate surface area is 133 Å². The van der Waals surface area contributed by atoms with Crippen molar-refractivity contribution >= 4 is 11.6 Å². The Bertz CT molecular complexity index is 799. The van der Waals surface area contributed by atoms with Crippen LogP contribution in [0.3, 0.4) is 0 Å². The van der Waals surface area contributed by atoms with Crippen molar-refractivity contribution in [1.82, 2.24) is 15.1 Å². The molecular weight excluding hydrogens is 292 g/mol. The van der Waals surface area contributed by atoms with Crippen LogP contribution >= 0.6 is 0 Å². The fraction of sp³-hybridized carbons (Fsp3) is 0.176. The van der Waals surface area contributed by atoms with Gasteiger partial charge < -0.3 is 9.84 Å². The summed E-state index contributed by atoms with van der Waals surface area (Å²) in [5.74, 6) is 0.858. The van der Waals surface area contributed by atoms with Gasteiger partial charge in [-0.2, -0.15) is 4.98 Å². The molecule has 23 heavy (non-hydrogen) atoms. The zero-order valence-electron chi connectivity index (χ0n) is 12.7. The molecule has 0 aliphatic rings. The van der Waals surface area contributed by atoms with Crippen LogP contribution in [0.15, 0.2) is 53.3 Å². The molecule has 0 saturated carbocycles. The summed E-state index contributed by atoms with van der Waals surface area (Å²) in [5.41, 5.74) is 2.72. The molecule has 1 N–H and O–H groups in total. The lowest BCUT2D eigenvalue weighted by Gasteiger charge is -2.04. The van der Waals surface area contributed by atoms with Gasteiger partial charge in [0.15, 0.2) is 0 Å². The van der Waals surface area contributed by atoms with Crippen LogP contribution in [-0.4, -0.2) is 21.0 Å². The number of hydrogen-bond acceptors (Lipinski definition) is 5. The minimum Gasteiger partial charge on any atom is -0.339 e. The Morgan fingerprint density at radius 1 is 1.22 bits per heavy atom. The van der Waals surface area contributed by atoms with E-state index >= 15 is 0 Å². The molecule has 1 amide bonds. The fourth-order valence-electron chi connectivity index (χ4n) is 2.14. The molecule has 3 aromatic rings. The van der Waals surface area contributed by atoms with E-state index in [0.717, 1.165) is 16.8 Å². The predicted molar refractivity (Wildman–Crippen MR) is 85.7 cm³/mol. The highest BCUT2D eigenvalue weighted by Gasteiger charge is 2.10. The number of amides is 1. The third-order valence-corrected chi connectivity index (χ3v) is 3.27. The van der Waals surface area contributed by atoms with Gasteiger partial charge in [0, 0.05) is 36.5 Å². The van der Waals surface area contributed by atoms with Crippen LogP contribution in [0.25, 0.3) is 11.4 Å². The van der Waals surface area contributed by atoms with E-state index in [1.165, 1.54) is 0 Å². The number of pyridine rings is 1. The maximum absolute atomic E-state index is 12.0. The molecular formula is C17H16N4O2. The molecule has 0 fully saturated rings. The average Bonchev–Trinajstić information content (AvgIpc) is 3.03. The Morgan fingerprint density at radius 3 is 2.83 bits per heavy atom. The number of aromatic nitrogens is 3. The molecule has 0 aliphatic carbocycles. The van der Waals surface area contributed by atoms with Crippen molar-refractivity contribution in [2.24, 2.45) is 0 Å². The maximum Gasteiger partial charge on any atom is 0.227 e. The van der Waals surface area contributed by atoms with Gasteiger partial charge >= 0.3 is 0 Å². The van der Waals surface area contributed by atoms with Crippen LogP contribution < -0.4 is 5.32 Å². The molecule has 0 saturated heterocycles. The third-order valence-electron chi connectivity index (χ3n) is 3.27. The molecule has 0 bridgehead atoms. The Balaban J connectivity index is 1.56. The highest BCUT2D eigenvalue weighted by atomic mass is 16.5. The second kappa shape index (κ2) is 6.83. The van der Waals surface area contributed by atoms with Gasteiger partial charge in [-0.3, -0.25) is 9.78 Å². The quantitative estimate of drug-likeness (QED) is 0.783. The standard InChI is InChI=1S/C17H16N4O2/c1-12-3-2-4-14(11-12)19-15(22)5-6-16-20-17(21-23-16)13-7-9-18-10-8-13/h2-4,7-11H,5-6H2,1H3,(H,19,22). The average molecular weight is 308 g/mol. The Hall–Kier alpha value is -3.02. The number of aryl methyl sites for hydroxylation is 2. The summed E-state index contributed by atoms with van der Waals surface area (Å²) in [4.78, 5) is 20.2. The van der Waals surface area contributed by atoms with E-state index in [0.29, 0.717) is 18.1 Å². The number of rotatable bonds is 5. The first kappa shape index (κ1) is 14.9. The van der Waals surface area contributed by atoms with E-state index < -0.39 is 0 Å². The van der Waals surface area contributed by atoms with Crippen LogP contribution in [-0.2, 0) is 11.2 Å². The normalized spacial score (nSPS) is 10.5. The van der Waals surface area contributed by atoms with E-state index in [4.69, 9.17) is 4.52 Å². The lowest BCUT2D eigenvalue weighted by molar-refractivity contribution is -0.116. The molecule has 6 nitrogen and oxygen atoms in total. The van der Waals surface area contributed by atoms with Gasteiger partial charge in [0.25, 0.3) is 0 Å². The van der Waals surface area contributed by atoms with Gasteiger partial charge in [-0.25, -0.2) is 0 Å². The van der Waals surface area contributed by atoms with Crippen molar-refractivity contribution in [3.8, 4) is 11.4 Å². The highest BCUT2D eigenvalue weighted by Crippen LogP contribution is 2.15. The first-order valence-corrected chi connectivity index (χ1v) is 7.30. The second-order valence-electron chi connectivity index (χ2n) is 5.17. The van der Waals surface area contributed by atoms with Crippen LogP contribution in [0.1, 0.15) is 17.9 Å². The van der Waals surface area contributed by atoms with Crippen LogP contribution in [0.4, 0.5) is 5.69 Å². The molecule has 0 aliphatic heterocycles. The molecule has 3 rings (SSSR count). The van der Waals surface area contributed by atoms with E-state index in [-0.39, 0.29) is 12.3 Å². The SMILES string of the molecule is Cc1cccc(NC(=O)CCc2nc(-c3ccncc3)no2)c1. The number of carbonyl (C=O) groups excluding carboxylic acids is 1. The molecule has 0 spiro atoms. The van der Waals surface area contributed by atoms with Crippen molar-refractivity contribution in [1.29, 1.82) is 0 Å². The smallest absolute Gasteiger partial charge is 0.227 e. The summed E-state index contributed by atoms with van der Waals surface area (Å²) < 4.78 is 5.18. The number of nitrogens with zero attached hydrogens (tertiary/aromatic N) is 3. The summed E-state index contributed by atoms with van der Waals surface area (Å²) in [7, 11) is 0. The number of anilines is 1. The van der Waals surface area contributed by atoms with Crippen molar-refractivity contribution in [3.63, 3.8) is 0 Å². The van der Waals surface area contributed by atoms with E-state index in [1.807, 2.05) is 31.2 Å². The molecule has 0 unspecified atom stereocenters. The second-order valence-corrected chi connectivity index (χ2v) is 5.17. The van der Waals surface area contributed by atoms with Crippen LogP contribution in [0.2, 0.25) is 0 Å². The first-order chi connectivity index (χ1) is 11.2. The summed E-state index contributed by atoms with van der Waals surface area (Å²) >= 11 is 0. The Kier molecular flexibility index (Phi) is 4.42. The minimum atomic E-state index is -0.0840. The van der Waals surface area contributed by atoms with Crippen LogP contribution in [0.5, 0.6) is 0 Å². The Morgan fingerprint density at radius 2 is 2.04 bits per heavy atom. The molecule has 0 atom stereocenters. The monoisotopic (exact) mass is 308 g/mol. The number of carbonyl (C=O) groups is 1. The van der Waals surface area contributed by atoms with Gasteiger partial charge in [0.2, 0.25) is 17.6 Å². The van der Waals surface area contributed by atoms with Crippen molar-refractivity contribution in [3.05, 3.63) is 60.2 Å². The van der Waals surface area contributed by atoms with Crippen LogP contribution in [0, 0.1) is 6.92 Å². The summed E-state index contributed by atoms with van der Waals surface area (Å²) in [6.07, 6.45) is 4.02. The summed E-state index contributed by atoms with van der Waals surface area (Å²) in [6, 6.07) is 11.3. The largest absolute Gasteiger partial charge is 0.339 e. The highest BCUT2D eigenvalue weighted by molar-refractivity contribution is 5.90. The lowest BCUT2D eigenvalue weighted by atomic mass is 10.2. The van der Waals surface area contributed by atoms with E-state index in [2.05, 4.69) is 20.4 Å². The molecule has 1 aromatic carbocycles. The molecule has 2 aromatic heterocycles. The number of nitrogens with one attached hydrogen (secondary N) is 1. The maximum atomic E-state index is 12.0. The zero-order chi connectivity index (χ0) is 16.1. The van der Waals surface area contributed by atoms with Crippen molar-refractivity contribution in [2.45, 2.75) is 19.8 Å². The molecule has 6 heteroatoms. The third kappa shape index (κ3) is 4.00. The van der Waals surface area contributed by atoms with Gasteiger partial charge in [-0.1, -0.05) is 17.3 Å². The van der Waals surface area contributed by atoms with Gasteiger partial charge in [0.1, 0.15) is 0 Å².